The Morgan fingerprint density at radius 3 is 2.57 bits per heavy atom. The van der Waals surface area contributed by atoms with Crippen LogP contribution in [0.15, 0.2) is 47.3 Å². The number of H-pyrrole nitrogens is 2. The van der Waals surface area contributed by atoms with E-state index in [1.165, 1.54) is 5.56 Å². The maximum Gasteiger partial charge on any atom is 0.323 e. The van der Waals surface area contributed by atoms with E-state index in [0.717, 1.165) is 22.4 Å². The lowest BCUT2D eigenvalue weighted by molar-refractivity contribution is 0.869. The highest BCUT2D eigenvalue weighted by atomic mass is 32.1. The van der Waals surface area contributed by atoms with E-state index in [4.69, 9.17) is 12.2 Å². The van der Waals surface area contributed by atoms with E-state index in [-0.39, 0.29) is 5.69 Å². The summed E-state index contributed by atoms with van der Waals surface area (Å²) in [6.45, 7) is 4.29. The molecule has 0 aliphatic heterocycles. The van der Waals surface area contributed by atoms with Crippen LogP contribution in [0.4, 0.5) is 11.4 Å². The van der Waals surface area contributed by atoms with Crippen molar-refractivity contribution in [1.82, 2.24) is 9.97 Å². The first-order valence-corrected chi connectivity index (χ1v) is 7.83. The smallest absolute Gasteiger partial charge is 0.323 e. The monoisotopic (exact) mass is 326 g/mol. The van der Waals surface area contributed by atoms with E-state index in [1.807, 2.05) is 36.4 Å². The van der Waals surface area contributed by atoms with Crippen molar-refractivity contribution in [2.45, 2.75) is 19.8 Å². The van der Waals surface area contributed by atoms with Crippen LogP contribution in [0.1, 0.15) is 25.3 Å². The van der Waals surface area contributed by atoms with E-state index in [2.05, 4.69) is 40.5 Å². The van der Waals surface area contributed by atoms with Gasteiger partial charge in [0.1, 0.15) is 0 Å². The maximum absolute atomic E-state index is 11.3. The number of aromatic amines is 2. The van der Waals surface area contributed by atoms with Crippen LogP contribution >= 0.6 is 12.2 Å². The summed E-state index contributed by atoms with van der Waals surface area (Å²) in [7, 11) is 0. The predicted octanol–water partition coefficient (Wildman–Crippen LogP) is 3.79. The quantitative estimate of drug-likeness (QED) is 0.553. The Labute approximate surface area is 139 Å². The van der Waals surface area contributed by atoms with Crippen molar-refractivity contribution in [1.29, 1.82) is 0 Å². The molecular formula is C17H18N4OS. The lowest BCUT2D eigenvalue weighted by atomic mass is 10.0. The van der Waals surface area contributed by atoms with E-state index in [9.17, 15) is 4.79 Å². The number of aromatic nitrogens is 2. The molecule has 0 saturated heterocycles. The topological polar surface area (TPSA) is 72.7 Å². The Hall–Kier alpha value is -2.60. The van der Waals surface area contributed by atoms with Crippen LogP contribution in [0.2, 0.25) is 0 Å². The molecule has 3 aromatic rings. The lowest BCUT2D eigenvalue weighted by Gasteiger charge is -2.16. The van der Waals surface area contributed by atoms with Gasteiger partial charge in [-0.15, -0.1) is 0 Å². The van der Waals surface area contributed by atoms with Crippen LogP contribution in [0.5, 0.6) is 0 Å². The van der Waals surface area contributed by atoms with Crippen molar-refractivity contribution < 1.29 is 0 Å². The summed E-state index contributed by atoms with van der Waals surface area (Å²) in [5.74, 6) is 0.405. The third-order valence-electron chi connectivity index (χ3n) is 3.60. The van der Waals surface area contributed by atoms with E-state index in [1.54, 1.807) is 0 Å². The number of fused-ring (bicyclic) bond motifs is 1. The number of hydrogen-bond donors (Lipinski definition) is 4. The molecule has 4 N–H and O–H groups in total. The van der Waals surface area contributed by atoms with Gasteiger partial charge >= 0.3 is 5.69 Å². The van der Waals surface area contributed by atoms with Crippen molar-refractivity contribution in [2.75, 3.05) is 10.6 Å². The Morgan fingerprint density at radius 2 is 1.78 bits per heavy atom. The van der Waals surface area contributed by atoms with Crippen molar-refractivity contribution in [3.05, 3.63) is 58.5 Å². The first-order valence-electron chi connectivity index (χ1n) is 7.42. The average molecular weight is 326 g/mol. The van der Waals surface area contributed by atoms with Crippen LogP contribution in [-0.2, 0) is 0 Å². The van der Waals surface area contributed by atoms with Gasteiger partial charge in [-0.3, -0.25) is 0 Å². The summed E-state index contributed by atoms with van der Waals surface area (Å²) in [4.78, 5) is 16.7. The molecule has 0 amide bonds. The molecule has 5 nitrogen and oxygen atoms in total. The van der Waals surface area contributed by atoms with E-state index in [0.29, 0.717) is 11.0 Å². The zero-order valence-electron chi connectivity index (χ0n) is 12.9. The zero-order chi connectivity index (χ0) is 16.4. The van der Waals surface area contributed by atoms with Crippen molar-refractivity contribution in [2.24, 2.45) is 0 Å². The highest BCUT2D eigenvalue weighted by molar-refractivity contribution is 7.80. The Morgan fingerprint density at radius 1 is 1.04 bits per heavy atom. The summed E-state index contributed by atoms with van der Waals surface area (Å²) in [6, 6.07) is 13.6. The number of benzene rings is 2. The fourth-order valence-electron chi connectivity index (χ4n) is 2.51. The van der Waals surface area contributed by atoms with E-state index < -0.39 is 0 Å². The van der Waals surface area contributed by atoms with Gasteiger partial charge in [-0.2, -0.15) is 0 Å². The average Bonchev–Trinajstić information content (AvgIpc) is 2.86. The fraction of sp³-hybridized carbons (Fsp3) is 0.176. The van der Waals surface area contributed by atoms with Gasteiger partial charge in [-0.1, -0.05) is 32.0 Å². The van der Waals surface area contributed by atoms with Crippen LogP contribution < -0.4 is 16.3 Å². The summed E-state index contributed by atoms with van der Waals surface area (Å²) >= 11 is 5.39. The number of nitrogens with one attached hydrogen (secondary N) is 4. The van der Waals surface area contributed by atoms with Crippen LogP contribution in [0.3, 0.4) is 0 Å². The van der Waals surface area contributed by atoms with Crippen molar-refractivity contribution in [3.8, 4) is 0 Å². The normalized spacial score (nSPS) is 10.9. The molecule has 0 fully saturated rings. The lowest BCUT2D eigenvalue weighted by Crippen LogP contribution is -2.20. The summed E-state index contributed by atoms with van der Waals surface area (Å²) in [6.07, 6.45) is 0. The van der Waals surface area contributed by atoms with Gasteiger partial charge in [0.2, 0.25) is 0 Å². The van der Waals surface area contributed by atoms with E-state index >= 15 is 0 Å². The van der Waals surface area contributed by atoms with Crippen LogP contribution in [0, 0.1) is 0 Å². The molecule has 2 aromatic carbocycles. The van der Waals surface area contributed by atoms with Gasteiger partial charge in [0.05, 0.1) is 11.0 Å². The third kappa shape index (κ3) is 3.43. The number of imidazole rings is 1. The van der Waals surface area contributed by atoms with Gasteiger partial charge in [0.15, 0.2) is 5.11 Å². The minimum atomic E-state index is -0.219. The molecule has 0 spiro atoms. The highest BCUT2D eigenvalue weighted by Crippen LogP contribution is 2.24. The zero-order valence-corrected chi connectivity index (χ0v) is 13.8. The fourth-order valence-corrected chi connectivity index (χ4v) is 2.74. The molecule has 0 radical (unpaired) electrons. The maximum atomic E-state index is 11.3. The molecule has 1 aromatic heterocycles. The number of para-hydroxylation sites is 1. The Bertz CT molecular complexity index is 910. The SMILES string of the molecule is CC(C)c1ccccc1NC(=S)Nc1ccc2[nH]c(=O)[nH]c2c1. The minimum Gasteiger partial charge on any atom is -0.332 e. The molecule has 0 unspecified atom stereocenters. The summed E-state index contributed by atoms with van der Waals surface area (Å²) < 4.78 is 0. The number of rotatable bonds is 3. The first kappa shape index (κ1) is 15.3. The summed E-state index contributed by atoms with van der Waals surface area (Å²) in [5, 5.41) is 6.89. The van der Waals surface area contributed by atoms with Crippen LogP contribution in [-0.4, -0.2) is 15.1 Å². The van der Waals surface area contributed by atoms with Gasteiger partial charge in [0, 0.05) is 11.4 Å². The predicted molar refractivity (Wildman–Crippen MR) is 99.3 cm³/mol. The second kappa shape index (κ2) is 6.26. The Balaban J connectivity index is 1.77. The van der Waals surface area contributed by atoms with Gasteiger partial charge in [-0.25, -0.2) is 4.79 Å². The highest BCUT2D eigenvalue weighted by Gasteiger charge is 2.07. The number of thiocarbonyl (C=S) groups is 1. The molecule has 0 saturated carbocycles. The minimum absolute atomic E-state index is 0.219. The van der Waals surface area contributed by atoms with Gasteiger partial charge in [0.25, 0.3) is 0 Å². The molecule has 0 aliphatic carbocycles. The number of hydrogen-bond acceptors (Lipinski definition) is 2. The second-order valence-corrected chi connectivity index (χ2v) is 6.07. The van der Waals surface area contributed by atoms with Gasteiger partial charge in [-0.05, 0) is 48.0 Å². The standard InChI is InChI=1S/C17H18N4OS/c1-10(2)12-5-3-4-6-13(12)21-17(23)18-11-7-8-14-15(9-11)20-16(22)19-14/h3-10H,1-2H3,(H2,18,21,23)(H2,19,20,22). The molecule has 1 heterocycles. The molecule has 118 valence electrons. The number of anilines is 2. The summed E-state index contributed by atoms with van der Waals surface area (Å²) in [5.41, 5.74) is 4.31. The third-order valence-corrected chi connectivity index (χ3v) is 3.81. The largest absolute Gasteiger partial charge is 0.332 e. The first-order chi connectivity index (χ1) is 11.0. The molecule has 0 atom stereocenters. The van der Waals surface area contributed by atoms with Crippen molar-refractivity contribution in [3.63, 3.8) is 0 Å². The second-order valence-electron chi connectivity index (χ2n) is 5.66. The molecule has 3 rings (SSSR count). The molecular weight excluding hydrogens is 308 g/mol. The van der Waals surface area contributed by atoms with Gasteiger partial charge < -0.3 is 20.6 Å². The molecule has 0 bridgehead atoms. The van der Waals surface area contributed by atoms with Crippen LogP contribution in [0.25, 0.3) is 11.0 Å². The molecule has 6 heteroatoms. The molecule has 0 aliphatic rings. The molecule has 23 heavy (non-hydrogen) atoms. The van der Waals surface area contributed by atoms with Crippen molar-refractivity contribution >= 4 is 39.7 Å². The Kier molecular flexibility index (Phi) is 4.16.